The van der Waals surface area contributed by atoms with E-state index in [-0.39, 0.29) is 11.4 Å². The molecule has 29 heavy (non-hydrogen) atoms. The molecule has 2 aromatic carbocycles. The number of hydrogen-bond acceptors (Lipinski definition) is 4. The Bertz CT molecular complexity index is 1020. The van der Waals surface area contributed by atoms with Crippen molar-refractivity contribution in [3.63, 3.8) is 0 Å². The van der Waals surface area contributed by atoms with Crippen LogP contribution in [0.5, 0.6) is 0 Å². The molecule has 1 fully saturated rings. The van der Waals surface area contributed by atoms with Crippen molar-refractivity contribution >= 4 is 27.3 Å². The average molecular weight is 414 g/mol. The van der Waals surface area contributed by atoms with Crippen LogP contribution in [-0.4, -0.2) is 26.6 Å². The second-order valence-electron chi connectivity index (χ2n) is 7.53. The van der Waals surface area contributed by atoms with Crippen molar-refractivity contribution in [1.29, 1.82) is 0 Å². The monoisotopic (exact) mass is 413 g/mol. The molecule has 1 saturated carbocycles. The van der Waals surface area contributed by atoms with Crippen LogP contribution in [0.25, 0.3) is 0 Å². The number of hydrogen-bond donors (Lipinski definition) is 1. The van der Waals surface area contributed by atoms with E-state index in [2.05, 4.69) is 10.5 Å². The molecule has 2 aromatic rings. The molecule has 7 heteroatoms. The first-order chi connectivity index (χ1) is 13.8. The van der Waals surface area contributed by atoms with Crippen molar-refractivity contribution < 1.29 is 13.2 Å². The van der Waals surface area contributed by atoms with E-state index >= 15 is 0 Å². The van der Waals surface area contributed by atoms with Crippen molar-refractivity contribution in [1.82, 2.24) is 5.43 Å². The highest BCUT2D eigenvalue weighted by molar-refractivity contribution is 7.92. The topological polar surface area (TPSA) is 78.8 Å². The largest absolute Gasteiger partial charge is 0.271 e. The number of carbonyl (C=O) groups is 1. The van der Waals surface area contributed by atoms with Gasteiger partial charge in [0.05, 0.1) is 10.6 Å². The minimum atomic E-state index is -3.92. The van der Waals surface area contributed by atoms with Crippen LogP contribution in [-0.2, 0) is 14.8 Å². The highest BCUT2D eigenvalue weighted by Gasteiger charge is 2.28. The van der Waals surface area contributed by atoms with Gasteiger partial charge in [-0.1, -0.05) is 29.8 Å². The third kappa shape index (κ3) is 5.03. The van der Waals surface area contributed by atoms with E-state index in [0.717, 1.165) is 48.1 Å². The van der Waals surface area contributed by atoms with Crippen molar-refractivity contribution in [3.05, 3.63) is 59.2 Å². The standard InChI is InChI=1S/C22H27N3O3S/c1-16-9-12-20(13-10-16)29(27,28)25(21-14-17(2)8-11-18(21)3)15-22(26)24-23-19-6-4-5-7-19/h8-14H,4-7,15H2,1-3H3,(H,24,26). The van der Waals surface area contributed by atoms with Gasteiger partial charge in [-0.3, -0.25) is 9.10 Å². The Labute approximate surface area is 172 Å². The van der Waals surface area contributed by atoms with Crippen LogP contribution in [0, 0.1) is 20.8 Å². The maximum absolute atomic E-state index is 13.4. The van der Waals surface area contributed by atoms with Gasteiger partial charge >= 0.3 is 0 Å². The molecule has 3 rings (SSSR count). The van der Waals surface area contributed by atoms with E-state index in [0.29, 0.717) is 5.69 Å². The molecule has 6 nitrogen and oxygen atoms in total. The summed E-state index contributed by atoms with van der Waals surface area (Å²) in [5, 5.41) is 4.17. The fourth-order valence-corrected chi connectivity index (χ4v) is 4.80. The summed E-state index contributed by atoms with van der Waals surface area (Å²) in [7, 11) is -3.92. The minimum absolute atomic E-state index is 0.152. The number of aryl methyl sites for hydroxylation is 3. The number of hydrazone groups is 1. The van der Waals surface area contributed by atoms with E-state index in [1.807, 2.05) is 32.9 Å². The predicted octanol–water partition coefficient (Wildman–Crippen LogP) is 3.85. The Morgan fingerprint density at radius 1 is 1.00 bits per heavy atom. The molecular formula is C22H27N3O3S. The number of benzene rings is 2. The van der Waals surface area contributed by atoms with Gasteiger partial charge in [0.15, 0.2) is 0 Å². The summed E-state index contributed by atoms with van der Waals surface area (Å²) in [5.74, 6) is -0.457. The van der Waals surface area contributed by atoms with Crippen LogP contribution in [0.4, 0.5) is 5.69 Å². The number of rotatable bonds is 6. The lowest BCUT2D eigenvalue weighted by Crippen LogP contribution is -2.40. The van der Waals surface area contributed by atoms with E-state index in [1.165, 1.54) is 4.31 Å². The van der Waals surface area contributed by atoms with Gasteiger partial charge in [0.1, 0.15) is 6.54 Å². The predicted molar refractivity (Wildman–Crippen MR) is 116 cm³/mol. The lowest BCUT2D eigenvalue weighted by atomic mass is 10.1. The zero-order valence-corrected chi connectivity index (χ0v) is 17.9. The van der Waals surface area contributed by atoms with E-state index in [1.54, 1.807) is 30.3 Å². The number of anilines is 1. The molecule has 0 aliphatic heterocycles. The van der Waals surface area contributed by atoms with Gasteiger partial charge in [-0.2, -0.15) is 5.10 Å². The first-order valence-electron chi connectivity index (χ1n) is 9.78. The van der Waals surface area contributed by atoms with Crippen LogP contribution in [0.15, 0.2) is 52.5 Å². The number of amides is 1. The summed E-state index contributed by atoms with van der Waals surface area (Å²) in [5.41, 5.74) is 6.65. The fourth-order valence-electron chi connectivity index (χ4n) is 3.33. The van der Waals surface area contributed by atoms with Crippen LogP contribution in [0.3, 0.4) is 0 Å². The summed E-state index contributed by atoms with van der Waals surface area (Å²) in [4.78, 5) is 12.7. The van der Waals surface area contributed by atoms with Crippen molar-refractivity contribution in [2.75, 3.05) is 10.8 Å². The van der Waals surface area contributed by atoms with Gasteiger partial charge in [-0.25, -0.2) is 13.8 Å². The zero-order chi connectivity index (χ0) is 21.0. The lowest BCUT2D eigenvalue weighted by Gasteiger charge is -2.25. The molecule has 0 unspecified atom stereocenters. The minimum Gasteiger partial charge on any atom is -0.271 e. The maximum Gasteiger partial charge on any atom is 0.264 e. The van der Waals surface area contributed by atoms with Gasteiger partial charge < -0.3 is 0 Å². The average Bonchev–Trinajstić information content (AvgIpc) is 3.20. The summed E-state index contributed by atoms with van der Waals surface area (Å²) in [6, 6.07) is 12.2. The Hall–Kier alpha value is -2.67. The van der Waals surface area contributed by atoms with Crippen LogP contribution < -0.4 is 9.73 Å². The second kappa shape index (κ2) is 8.78. The van der Waals surface area contributed by atoms with E-state index in [4.69, 9.17) is 0 Å². The van der Waals surface area contributed by atoms with Gasteiger partial charge in [-0.15, -0.1) is 0 Å². The molecule has 0 atom stereocenters. The van der Waals surface area contributed by atoms with Gasteiger partial charge in [0.2, 0.25) is 0 Å². The molecule has 0 heterocycles. The smallest absolute Gasteiger partial charge is 0.264 e. The summed E-state index contributed by atoms with van der Waals surface area (Å²) in [6.07, 6.45) is 3.90. The van der Waals surface area contributed by atoms with Gasteiger partial charge in [0, 0.05) is 5.71 Å². The number of nitrogens with one attached hydrogen (secondary N) is 1. The van der Waals surface area contributed by atoms with E-state index < -0.39 is 15.9 Å². The highest BCUT2D eigenvalue weighted by atomic mass is 32.2. The molecule has 1 amide bonds. The Kier molecular flexibility index (Phi) is 6.37. The molecule has 0 spiro atoms. The van der Waals surface area contributed by atoms with Crippen LogP contribution >= 0.6 is 0 Å². The van der Waals surface area contributed by atoms with Crippen molar-refractivity contribution in [2.24, 2.45) is 5.10 Å². The second-order valence-corrected chi connectivity index (χ2v) is 9.40. The summed E-state index contributed by atoms with van der Waals surface area (Å²) < 4.78 is 28.0. The SMILES string of the molecule is Cc1ccc(S(=O)(=O)N(CC(=O)NN=C2CCCC2)c2cc(C)ccc2C)cc1. The molecule has 1 aliphatic carbocycles. The van der Waals surface area contributed by atoms with E-state index in [9.17, 15) is 13.2 Å². The lowest BCUT2D eigenvalue weighted by molar-refractivity contribution is -0.119. The Balaban J connectivity index is 1.95. The quantitative estimate of drug-likeness (QED) is 0.731. The van der Waals surface area contributed by atoms with Crippen molar-refractivity contribution in [3.8, 4) is 0 Å². The fraction of sp³-hybridized carbons (Fsp3) is 0.364. The van der Waals surface area contributed by atoms with Crippen molar-refractivity contribution in [2.45, 2.75) is 51.3 Å². The molecular weight excluding hydrogens is 386 g/mol. The normalized spacial score (nSPS) is 14.0. The zero-order valence-electron chi connectivity index (χ0n) is 17.1. The molecule has 0 radical (unpaired) electrons. The molecule has 0 saturated heterocycles. The first kappa shape index (κ1) is 21.0. The Morgan fingerprint density at radius 2 is 1.62 bits per heavy atom. The number of sulfonamides is 1. The third-order valence-corrected chi connectivity index (χ3v) is 6.82. The first-order valence-corrected chi connectivity index (χ1v) is 11.2. The number of nitrogens with zero attached hydrogens (tertiary/aromatic N) is 2. The number of carbonyl (C=O) groups excluding carboxylic acids is 1. The van der Waals surface area contributed by atoms with Gasteiger partial charge in [0.25, 0.3) is 15.9 Å². The summed E-state index contributed by atoms with van der Waals surface area (Å²) >= 11 is 0. The molecule has 0 bridgehead atoms. The highest BCUT2D eigenvalue weighted by Crippen LogP contribution is 2.28. The van der Waals surface area contributed by atoms with Crippen LogP contribution in [0.1, 0.15) is 42.4 Å². The van der Waals surface area contributed by atoms with Gasteiger partial charge in [-0.05, 0) is 75.8 Å². The third-order valence-electron chi connectivity index (χ3n) is 5.05. The molecule has 0 aromatic heterocycles. The summed E-state index contributed by atoms with van der Waals surface area (Å²) in [6.45, 7) is 5.29. The van der Waals surface area contributed by atoms with Crippen LogP contribution in [0.2, 0.25) is 0 Å². The maximum atomic E-state index is 13.4. The molecule has 1 aliphatic rings. The molecule has 1 N–H and O–H groups in total. The Morgan fingerprint density at radius 3 is 2.28 bits per heavy atom. The molecule has 154 valence electrons.